The number of unbranched alkanes of at least 4 members (excludes halogenated alkanes) is 2. The third-order valence-electron chi connectivity index (χ3n) is 2.41. The topological polar surface area (TPSA) is 52.4 Å². The number of hydroxylamine groups is 1. The fraction of sp³-hybridized carbons (Fsp3) is 0.462. The molecule has 100 valence electrons. The van der Waals surface area contributed by atoms with E-state index < -0.39 is 0 Å². The first-order chi connectivity index (χ1) is 8.83. The van der Waals surface area contributed by atoms with Gasteiger partial charge >= 0.3 is 0 Å². The lowest BCUT2D eigenvalue weighted by molar-refractivity contribution is -0.134. The van der Waals surface area contributed by atoms with Crippen LogP contribution in [-0.4, -0.2) is 12.5 Å². The lowest BCUT2D eigenvalue weighted by Gasteiger charge is -2.08. The SMILES string of the molecule is O=C(CCCCC[N-]Cl)NOCc1ccccc1. The first-order valence-electron chi connectivity index (χ1n) is 6.05. The van der Waals surface area contributed by atoms with Crippen molar-refractivity contribution in [1.82, 2.24) is 5.48 Å². The van der Waals surface area contributed by atoms with Crippen molar-refractivity contribution in [2.75, 3.05) is 6.54 Å². The first kappa shape index (κ1) is 15.0. The molecule has 0 radical (unpaired) electrons. The monoisotopic (exact) mass is 269 g/mol. The van der Waals surface area contributed by atoms with Crippen molar-refractivity contribution < 1.29 is 9.63 Å². The van der Waals surface area contributed by atoms with Crippen molar-refractivity contribution >= 4 is 17.7 Å². The van der Waals surface area contributed by atoms with Gasteiger partial charge in [0, 0.05) is 6.42 Å². The van der Waals surface area contributed by atoms with Gasteiger partial charge in [0.05, 0.1) is 6.61 Å². The zero-order valence-electron chi connectivity index (χ0n) is 10.3. The maximum Gasteiger partial charge on any atom is 0.243 e. The number of hydrogen-bond donors (Lipinski definition) is 1. The molecule has 4 nitrogen and oxygen atoms in total. The molecule has 0 heterocycles. The van der Waals surface area contributed by atoms with E-state index in [4.69, 9.17) is 16.6 Å². The van der Waals surface area contributed by atoms with Crippen LogP contribution in [-0.2, 0) is 16.2 Å². The maximum atomic E-state index is 11.4. The molecule has 0 atom stereocenters. The minimum Gasteiger partial charge on any atom is -0.575 e. The summed E-state index contributed by atoms with van der Waals surface area (Å²) in [6.07, 6.45) is 3.16. The summed E-state index contributed by atoms with van der Waals surface area (Å²) >= 11 is 5.20. The van der Waals surface area contributed by atoms with Crippen LogP contribution in [0.3, 0.4) is 0 Å². The van der Waals surface area contributed by atoms with Crippen LogP contribution < -0.4 is 5.48 Å². The molecule has 0 aliphatic carbocycles. The molecule has 1 N–H and O–H groups in total. The van der Waals surface area contributed by atoms with Gasteiger partial charge in [0.1, 0.15) is 0 Å². The van der Waals surface area contributed by atoms with Crippen LogP contribution in [0.2, 0.25) is 0 Å². The molecule has 1 aromatic carbocycles. The molecule has 18 heavy (non-hydrogen) atoms. The average molecular weight is 270 g/mol. The number of halogens is 1. The Labute approximate surface area is 113 Å². The number of rotatable bonds is 9. The van der Waals surface area contributed by atoms with Crippen molar-refractivity contribution in [2.24, 2.45) is 0 Å². The molecular formula is C13H18ClN2O2-. The van der Waals surface area contributed by atoms with Gasteiger partial charge in [-0.15, -0.1) is 6.54 Å². The van der Waals surface area contributed by atoms with Crippen molar-refractivity contribution in [3.8, 4) is 0 Å². The van der Waals surface area contributed by atoms with Gasteiger partial charge in [-0.05, 0) is 12.0 Å². The number of carbonyl (C=O) groups is 1. The van der Waals surface area contributed by atoms with Crippen molar-refractivity contribution in [3.63, 3.8) is 0 Å². The molecule has 0 fully saturated rings. The van der Waals surface area contributed by atoms with Crippen molar-refractivity contribution in [1.29, 1.82) is 0 Å². The number of benzene rings is 1. The minimum atomic E-state index is -0.0891. The number of hydrogen-bond acceptors (Lipinski definition) is 2. The van der Waals surface area contributed by atoms with Crippen LogP contribution >= 0.6 is 11.8 Å². The van der Waals surface area contributed by atoms with Crippen LogP contribution in [0.5, 0.6) is 0 Å². The molecule has 1 amide bonds. The van der Waals surface area contributed by atoms with Crippen LogP contribution in [0.1, 0.15) is 31.2 Å². The number of amides is 1. The third-order valence-corrected chi connectivity index (χ3v) is 2.58. The van der Waals surface area contributed by atoms with E-state index in [0.29, 0.717) is 19.6 Å². The Morgan fingerprint density at radius 3 is 2.72 bits per heavy atom. The fourth-order valence-corrected chi connectivity index (χ4v) is 1.58. The van der Waals surface area contributed by atoms with Crippen LogP contribution in [0.4, 0.5) is 0 Å². The van der Waals surface area contributed by atoms with Gasteiger partial charge in [0.2, 0.25) is 5.91 Å². The van der Waals surface area contributed by atoms with E-state index in [1.807, 2.05) is 30.3 Å². The summed E-state index contributed by atoms with van der Waals surface area (Å²) in [5.74, 6) is -0.0891. The van der Waals surface area contributed by atoms with E-state index in [-0.39, 0.29) is 5.91 Å². The Balaban J connectivity index is 2.00. The highest BCUT2D eigenvalue weighted by Crippen LogP contribution is 2.04. The Bertz CT molecular complexity index is 333. The van der Waals surface area contributed by atoms with E-state index in [0.717, 1.165) is 24.8 Å². The lowest BCUT2D eigenvalue weighted by atomic mass is 10.2. The van der Waals surface area contributed by atoms with Gasteiger partial charge in [0.25, 0.3) is 0 Å². The molecule has 1 rings (SSSR count). The van der Waals surface area contributed by atoms with Gasteiger partial charge < -0.3 is 4.84 Å². The predicted octanol–water partition coefficient (Wildman–Crippen LogP) is 3.32. The summed E-state index contributed by atoms with van der Waals surface area (Å²) in [6.45, 7) is 1.03. The number of nitrogens with one attached hydrogen (secondary N) is 1. The molecule has 0 aromatic heterocycles. The second-order valence-corrected chi connectivity index (χ2v) is 4.19. The zero-order valence-corrected chi connectivity index (χ0v) is 11.0. The molecule has 0 saturated carbocycles. The zero-order chi connectivity index (χ0) is 13.1. The van der Waals surface area contributed by atoms with Gasteiger partial charge in [0.15, 0.2) is 0 Å². The Morgan fingerprint density at radius 1 is 1.22 bits per heavy atom. The molecule has 5 heteroatoms. The quantitative estimate of drug-likeness (QED) is 0.552. The van der Waals surface area contributed by atoms with Crippen molar-refractivity contribution in [2.45, 2.75) is 32.3 Å². The van der Waals surface area contributed by atoms with Crippen LogP contribution in [0, 0.1) is 0 Å². The molecule has 0 aliphatic rings. The standard InChI is InChI=1S/C13H18ClN2O2/c14-15-10-6-2-5-9-13(17)16-18-11-12-7-3-1-4-8-12/h1,3-4,7-8H,2,5-6,9-11H2,(H,16,17)/q-1. The van der Waals surface area contributed by atoms with E-state index in [2.05, 4.69) is 10.3 Å². The summed E-state index contributed by atoms with van der Waals surface area (Å²) in [4.78, 5) is 20.0. The second-order valence-electron chi connectivity index (χ2n) is 3.95. The van der Waals surface area contributed by atoms with E-state index in [1.165, 1.54) is 0 Å². The molecular weight excluding hydrogens is 252 g/mol. The van der Waals surface area contributed by atoms with Crippen LogP contribution in [0.25, 0.3) is 4.84 Å². The molecule has 0 unspecified atom stereocenters. The van der Waals surface area contributed by atoms with Crippen LogP contribution in [0.15, 0.2) is 30.3 Å². The van der Waals surface area contributed by atoms with Gasteiger partial charge in [-0.2, -0.15) is 0 Å². The fourth-order valence-electron chi connectivity index (χ4n) is 1.46. The maximum absolute atomic E-state index is 11.4. The van der Waals surface area contributed by atoms with E-state index in [1.54, 1.807) is 0 Å². The third kappa shape index (κ3) is 7.27. The largest absolute Gasteiger partial charge is 0.575 e. The van der Waals surface area contributed by atoms with Gasteiger partial charge in [-0.1, -0.05) is 43.2 Å². The number of nitrogens with zero attached hydrogens (tertiary/aromatic N) is 1. The predicted molar refractivity (Wildman–Crippen MR) is 71.9 cm³/mol. The summed E-state index contributed by atoms with van der Waals surface area (Å²) in [5.41, 5.74) is 3.46. The first-order valence-corrected chi connectivity index (χ1v) is 6.39. The Kier molecular flexibility index (Phi) is 8.21. The average Bonchev–Trinajstić information content (AvgIpc) is 2.40. The Morgan fingerprint density at radius 2 is 2.00 bits per heavy atom. The normalized spacial score (nSPS) is 10.3. The second kappa shape index (κ2) is 9.88. The summed E-state index contributed by atoms with van der Waals surface area (Å²) in [7, 11) is 0. The lowest BCUT2D eigenvalue weighted by Crippen LogP contribution is -2.23. The Hall–Kier alpha value is -1.10. The number of carbonyl (C=O) groups excluding carboxylic acids is 1. The highest BCUT2D eigenvalue weighted by molar-refractivity contribution is 6.24. The molecule has 0 aliphatic heterocycles. The summed E-state index contributed by atoms with van der Waals surface area (Å²) in [6, 6.07) is 9.70. The molecule has 0 saturated heterocycles. The summed E-state index contributed by atoms with van der Waals surface area (Å²) in [5, 5.41) is 0. The summed E-state index contributed by atoms with van der Waals surface area (Å²) < 4.78 is 0. The van der Waals surface area contributed by atoms with Gasteiger partial charge in [-0.3, -0.25) is 21.4 Å². The highest BCUT2D eigenvalue weighted by Gasteiger charge is 2.00. The van der Waals surface area contributed by atoms with Crippen molar-refractivity contribution in [3.05, 3.63) is 40.7 Å². The molecule has 1 aromatic rings. The smallest absolute Gasteiger partial charge is 0.243 e. The van der Waals surface area contributed by atoms with Gasteiger partial charge in [-0.25, -0.2) is 5.48 Å². The molecule has 0 spiro atoms. The van der Waals surface area contributed by atoms with E-state index in [9.17, 15) is 4.79 Å². The minimum absolute atomic E-state index is 0.0891. The highest BCUT2D eigenvalue weighted by atomic mass is 35.5. The molecule has 0 bridgehead atoms. The van der Waals surface area contributed by atoms with E-state index >= 15 is 0 Å².